The molecule has 80 valence electrons. The van der Waals surface area contributed by atoms with E-state index < -0.39 is 0 Å². The minimum atomic E-state index is -0.259. The molecule has 0 atom stereocenters. The summed E-state index contributed by atoms with van der Waals surface area (Å²) in [6.07, 6.45) is 4.93. The van der Waals surface area contributed by atoms with Gasteiger partial charge >= 0.3 is 5.97 Å². The molecule has 0 radical (unpaired) electrons. The van der Waals surface area contributed by atoms with Gasteiger partial charge in [-0.2, -0.15) is 0 Å². The lowest BCUT2D eigenvalue weighted by Crippen LogP contribution is -2.03. The Morgan fingerprint density at radius 3 is 2.73 bits per heavy atom. The number of benzene rings is 1. The van der Waals surface area contributed by atoms with Crippen molar-refractivity contribution < 1.29 is 9.53 Å². The minimum Gasteiger partial charge on any atom is -0.463 e. The fraction of sp³-hybridized carbons (Fsp3) is 0.308. The summed E-state index contributed by atoms with van der Waals surface area (Å²) in [5.74, 6) is -0.259. The summed E-state index contributed by atoms with van der Waals surface area (Å²) in [4.78, 5) is 10.9. The van der Waals surface area contributed by atoms with Crippen LogP contribution in [-0.2, 0) is 16.0 Å². The van der Waals surface area contributed by atoms with Gasteiger partial charge in [-0.15, -0.1) is 0 Å². The smallest absolute Gasteiger partial charge is 0.330 e. The lowest BCUT2D eigenvalue weighted by Gasteiger charge is -2.02. The van der Waals surface area contributed by atoms with Crippen molar-refractivity contribution >= 4 is 5.97 Å². The zero-order valence-electron chi connectivity index (χ0n) is 8.98. The summed E-state index contributed by atoms with van der Waals surface area (Å²) in [6, 6.07) is 10.2. The Balaban J connectivity index is 2.15. The SMILES string of the molecule is CC=CC(=O)OCCCc1ccccc1. The molecule has 1 aromatic rings. The highest BCUT2D eigenvalue weighted by atomic mass is 16.5. The molecule has 0 unspecified atom stereocenters. The molecule has 0 aliphatic heterocycles. The maximum atomic E-state index is 10.9. The number of aryl methyl sites for hydroxylation is 1. The largest absolute Gasteiger partial charge is 0.463 e. The van der Waals surface area contributed by atoms with Gasteiger partial charge in [-0.05, 0) is 25.3 Å². The molecule has 0 amide bonds. The fourth-order valence-corrected chi connectivity index (χ4v) is 1.28. The zero-order chi connectivity index (χ0) is 10.9. The maximum Gasteiger partial charge on any atom is 0.330 e. The molecule has 0 aliphatic rings. The second-order valence-corrected chi connectivity index (χ2v) is 3.26. The van der Waals surface area contributed by atoms with Gasteiger partial charge in [0.25, 0.3) is 0 Å². The molecule has 0 heterocycles. The molecule has 0 aliphatic carbocycles. The molecule has 0 spiro atoms. The highest BCUT2D eigenvalue weighted by Gasteiger charge is 1.96. The number of hydrogen-bond acceptors (Lipinski definition) is 2. The van der Waals surface area contributed by atoms with E-state index in [4.69, 9.17) is 4.74 Å². The number of hydrogen-bond donors (Lipinski definition) is 0. The third kappa shape index (κ3) is 5.01. The van der Waals surface area contributed by atoms with Crippen LogP contribution in [0.15, 0.2) is 42.5 Å². The maximum absolute atomic E-state index is 10.9. The van der Waals surface area contributed by atoms with Crippen molar-refractivity contribution in [3.8, 4) is 0 Å². The normalized spacial score (nSPS) is 10.5. The van der Waals surface area contributed by atoms with Crippen LogP contribution in [0.25, 0.3) is 0 Å². The van der Waals surface area contributed by atoms with Crippen molar-refractivity contribution in [2.24, 2.45) is 0 Å². The molecule has 0 N–H and O–H groups in total. The molecule has 0 bridgehead atoms. The molecule has 0 aromatic heterocycles. The van der Waals surface area contributed by atoms with Crippen molar-refractivity contribution in [1.29, 1.82) is 0 Å². The molecule has 1 aromatic carbocycles. The third-order valence-electron chi connectivity index (χ3n) is 2.00. The van der Waals surface area contributed by atoms with E-state index in [1.807, 2.05) is 18.2 Å². The van der Waals surface area contributed by atoms with Crippen molar-refractivity contribution in [3.63, 3.8) is 0 Å². The Labute approximate surface area is 90.6 Å². The number of carbonyl (C=O) groups excluding carboxylic acids is 1. The molecule has 0 fully saturated rings. The van der Waals surface area contributed by atoms with E-state index in [9.17, 15) is 4.79 Å². The van der Waals surface area contributed by atoms with Crippen LogP contribution in [0.5, 0.6) is 0 Å². The van der Waals surface area contributed by atoms with E-state index in [1.54, 1.807) is 13.0 Å². The predicted octanol–water partition coefficient (Wildman–Crippen LogP) is 2.74. The van der Waals surface area contributed by atoms with E-state index in [2.05, 4.69) is 12.1 Å². The molecule has 2 heteroatoms. The standard InChI is InChI=1S/C13H16O2/c1-2-7-13(14)15-11-6-10-12-8-4-3-5-9-12/h2-5,7-9H,6,10-11H2,1H3. The first-order valence-corrected chi connectivity index (χ1v) is 5.16. The number of carbonyl (C=O) groups is 1. The van der Waals surface area contributed by atoms with Gasteiger partial charge in [0.05, 0.1) is 6.61 Å². The number of rotatable bonds is 5. The van der Waals surface area contributed by atoms with Gasteiger partial charge in [0.1, 0.15) is 0 Å². The number of ether oxygens (including phenoxy) is 1. The third-order valence-corrected chi connectivity index (χ3v) is 2.00. The average Bonchev–Trinajstić information content (AvgIpc) is 2.26. The fourth-order valence-electron chi connectivity index (χ4n) is 1.28. The molecule has 2 nitrogen and oxygen atoms in total. The van der Waals surface area contributed by atoms with Gasteiger partial charge in [-0.1, -0.05) is 36.4 Å². The molecule has 15 heavy (non-hydrogen) atoms. The Hall–Kier alpha value is -1.57. The predicted molar refractivity (Wildman–Crippen MR) is 60.5 cm³/mol. The van der Waals surface area contributed by atoms with Crippen LogP contribution in [0.1, 0.15) is 18.9 Å². The second-order valence-electron chi connectivity index (χ2n) is 3.26. The van der Waals surface area contributed by atoms with Crippen LogP contribution in [0.3, 0.4) is 0 Å². The molecular formula is C13H16O2. The van der Waals surface area contributed by atoms with Crippen LogP contribution in [0.4, 0.5) is 0 Å². The van der Waals surface area contributed by atoms with Crippen LogP contribution in [0.2, 0.25) is 0 Å². The minimum absolute atomic E-state index is 0.259. The summed E-state index contributed by atoms with van der Waals surface area (Å²) in [6.45, 7) is 2.28. The molecule has 0 saturated carbocycles. The van der Waals surface area contributed by atoms with E-state index in [0.717, 1.165) is 12.8 Å². The van der Waals surface area contributed by atoms with Gasteiger partial charge in [0.2, 0.25) is 0 Å². The second kappa shape index (κ2) is 6.82. The average molecular weight is 204 g/mol. The molecular weight excluding hydrogens is 188 g/mol. The highest BCUT2D eigenvalue weighted by molar-refractivity contribution is 5.81. The van der Waals surface area contributed by atoms with Crippen molar-refractivity contribution in [1.82, 2.24) is 0 Å². The zero-order valence-corrected chi connectivity index (χ0v) is 8.98. The Kier molecular flexibility index (Phi) is 5.23. The van der Waals surface area contributed by atoms with Crippen LogP contribution < -0.4 is 0 Å². The first kappa shape index (κ1) is 11.5. The van der Waals surface area contributed by atoms with E-state index in [-0.39, 0.29) is 5.97 Å². The van der Waals surface area contributed by atoms with Crippen molar-refractivity contribution in [2.75, 3.05) is 6.61 Å². The Morgan fingerprint density at radius 1 is 1.33 bits per heavy atom. The monoisotopic (exact) mass is 204 g/mol. The van der Waals surface area contributed by atoms with E-state index in [0.29, 0.717) is 6.61 Å². The molecule has 0 saturated heterocycles. The van der Waals surface area contributed by atoms with Crippen molar-refractivity contribution in [2.45, 2.75) is 19.8 Å². The van der Waals surface area contributed by atoms with Crippen molar-refractivity contribution in [3.05, 3.63) is 48.0 Å². The molecule has 1 rings (SSSR count). The van der Waals surface area contributed by atoms with Crippen LogP contribution >= 0.6 is 0 Å². The lowest BCUT2D eigenvalue weighted by atomic mass is 10.1. The van der Waals surface area contributed by atoms with Gasteiger partial charge < -0.3 is 4.74 Å². The topological polar surface area (TPSA) is 26.3 Å². The Bertz CT molecular complexity index is 315. The van der Waals surface area contributed by atoms with Gasteiger partial charge in [-0.3, -0.25) is 0 Å². The van der Waals surface area contributed by atoms with Gasteiger partial charge in [0, 0.05) is 6.08 Å². The van der Waals surface area contributed by atoms with E-state index in [1.165, 1.54) is 11.6 Å². The van der Waals surface area contributed by atoms with Crippen LogP contribution in [-0.4, -0.2) is 12.6 Å². The summed E-state index contributed by atoms with van der Waals surface area (Å²) < 4.78 is 4.98. The van der Waals surface area contributed by atoms with Gasteiger partial charge in [0.15, 0.2) is 0 Å². The summed E-state index contributed by atoms with van der Waals surface area (Å²) in [5, 5.41) is 0. The number of esters is 1. The quantitative estimate of drug-likeness (QED) is 0.419. The first-order chi connectivity index (χ1) is 7.33. The first-order valence-electron chi connectivity index (χ1n) is 5.16. The highest BCUT2D eigenvalue weighted by Crippen LogP contribution is 2.02. The van der Waals surface area contributed by atoms with Crippen LogP contribution in [0, 0.1) is 0 Å². The number of allylic oxidation sites excluding steroid dienone is 1. The lowest BCUT2D eigenvalue weighted by molar-refractivity contribution is -0.137. The summed E-state index contributed by atoms with van der Waals surface area (Å²) >= 11 is 0. The summed E-state index contributed by atoms with van der Waals surface area (Å²) in [5.41, 5.74) is 1.28. The van der Waals surface area contributed by atoms with E-state index >= 15 is 0 Å². The van der Waals surface area contributed by atoms with Gasteiger partial charge in [-0.25, -0.2) is 4.79 Å². The Morgan fingerprint density at radius 2 is 2.07 bits per heavy atom. The summed E-state index contributed by atoms with van der Waals surface area (Å²) in [7, 11) is 0.